The topological polar surface area (TPSA) is 63.4 Å². The molecule has 0 aromatic rings. The van der Waals surface area contributed by atoms with E-state index in [9.17, 15) is 8.42 Å². The van der Waals surface area contributed by atoms with Crippen LogP contribution in [-0.2, 0) is 9.84 Å². The molecular formula is C11H22N2O2S2. The van der Waals surface area contributed by atoms with Gasteiger partial charge in [-0.25, -0.2) is 8.42 Å². The van der Waals surface area contributed by atoms with Crippen molar-refractivity contribution in [3.8, 4) is 0 Å². The molecule has 6 heteroatoms. The predicted octanol–water partition coefficient (Wildman–Crippen LogP) is 0.676. The number of hydrogen-bond donors (Lipinski definition) is 1. The van der Waals surface area contributed by atoms with Crippen LogP contribution < -0.4 is 5.73 Å². The lowest BCUT2D eigenvalue weighted by molar-refractivity contribution is 0.134. The van der Waals surface area contributed by atoms with E-state index in [0.717, 1.165) is 25.1 Å². The molecule has 1 aliphatic carbocycles. The van der Waals surface area contributed by atoms with Gasteiger partial charge in [0, 0.05) is 36.4 Å². The van der Waals surface area contributed by atoms with Crippen LogP contribution in [0.3, 0.4) is 0 Å². The van der Waals surface area contributed by atoms with Crippen LogP contribution in [-0.4, -0.2) is 55.1 Å². The number of sulfone groups is 1. The molecule has 1 aliphatic heterocycles. The highest BCUT2D eigenvalue weighted by atomic mass is 32.2. The quantitative estimate of drug-likeness (QED) is 0.804. The third-order valence-electron chi connectivity index (χ3n) is 3.83. The number of nitrogens with zero attached hydrogens (tertiary/aromatic N) is 1. The van der Waals surface area contributed by atoms with Gasteiger partial charge >= 0.3 is 0 Å². The summed E-state index contributed by atoms with van der Waals surface area (Å²) in [6.45, 7) is 0.862. The highest BCUT2D eigenvalue weighted by molar-refractivity contribution is 8.00. The smallest absolute Gasteiger partial charge is 0.164 e. The minimum Gasteiger partial charge on any atom is -0.326 e. The van der Waals surface area contributed by atoms with Crippen molar-refractivity contribution in [1.29, 1.82) is 0 Å². The van der Waals surface area contributed by atoms with E-state index in [2.05, 4.69) is 4.90 Å². The molecule has 0 aromatic carbocycles. The van der Waals surface area contributed by atoms with Crippen LogP contribution in [0.15, 0.2) is 0 Å². The second kappa shape index (κ2) is 5.47. The Bertz CT molecular complexity index is 358. The lowest BCUT2D eigenvalue weighted by Crippen LogP contribution is -2.58. The first-order chi connectivity index (χ1) is 8.00. The molecule has 3 atom stereocenters. The monoisotopic (exact) mass is 278 g/mol. The first kappa shape index (κ1) is 13.6. The van der Waals surface area contributed by atoms with Crippen molar-refractivity contribution >= 4 is 21.6 Å². The molecule has 1 saturated heterocycles. The van der Waals surface area contributed by atoms with Crippen molar-refractivity contribution in [2.24, 2.45) is 5.73 Å². The third kappa shape index (κ3) is 3.16. The largest absolute Gasteiger partial charge is 0.326 e. The van der Waals surface area contributed by atoms with Gasteiger partial charge in [-0.3, -0.25) is 4.90 Å². The van der Waals surface area contributed by atoms with E-state index in [1.54, 1.807) is 11.8 Å². The van der Waals surface area contributed by atoms with E-state index >= 15 is 0 Å². The average molecular weight is 278 g/mol. The van der Waals surface area contributed by atoms with Crippen molar-refractivity contribution < 1.29 is 8.42 Å². The molecule has 2 aliphatic rings. The standard InChI is InChI=1S/C11H22N2O2S2/c1-17(14,15)11-8-16-7-6-13(11)10-5-3-2-4-9(10)12/h9-11H,2-8,12H2,1H3. The molecule has 0 amide bonds. The van der Waals surface area contributed by atoms with Crippen molar-refractivity contribution in [3.05, 3.63) is 0 Å². The summed E-state index contributed by atoms with van der Waals surface area (Å²) in [6.07, 6.45) is 5.80. The molecule has 2 fully saturated rings. The van der Waals surface area contributed by atoms with Gasteiger partial charge < -0.3 is 5.73 Å². The molecule has 2 rings (SSSR count). The van der Waals surface area contributed by atoms with Crippen LogP contribution in [0.4, 0.5) is 0 Å². The molecule has 0 bridgehead atoms. The van der Waals surface area contributed by atoms with Crippen molar-refractivity contribution in [3.63, 3.8) is 0 Å². The van der Waals surface area contributed by atoms with Crippen LogP contribution in [0.2, 0.25) is 0 Å². The molecule has 2 N–H and O–H groups in total. The maximum absolute atomic E-state index is 11.9. The van der Waals surface area contributed by atoms with E-state index in [1.165, 1.54) is 19.1 Å². The summed E-state index contributed by atoms with van der Waals surface area (Å²) in [5.74, 6) is 1.72. The molecule has 1 heterocycles. The Morgan fingerprint density at radius 2 is 2.00 bits per heavy atom. The summed E-state index contributed by atoms with van der Waals surface area (Å²) in [4.78, 5) is 2.16. The van der Waals surface area contributed by atoms with Crippen LogP contribution in [0.25, 0.3) is 0 Å². The maximum atomic E-state index is 11.9. The second-order valence-electron chi connectivity index (χ2n) is 5.11. The van der Waals surface area contributed by atoms with Gasteiger partial charge in [-0.1, -0.05) is 12.8 Å². The SMILES string of the molecule is CS(=O)(=O)C1CSCCN1C1CCCCC1N. The van der Waals surface area contributed by atoms with Gasteiger partial charge in [-0.05, 0) is 12.8 Å². The first-order valence-corrected chi connectivity index (χ1v) is 9.39. The molecule has 0 radical (unpaired) electrons. The van der Waals surface area contributed by atoms with Gasteiger partial charge in [0.05, 0.1) is 0 Å². The van der Waals surface area contributed by atoms with Crippen molar-refractivity contribution in [1.82, 2.24) is 4.90 Å². The summed E-state index contributed by atoms with van der Waals surface area (Å²) in [6, 6.07) is 0.417. The fraction of sp³-hybridized carbons (Fsp3) is 1.00. The Labute approximate surface area is 108 Å². The Hall–Kier alpha value is 0.220. The Kier molecular flexibility index (Phi) is 4.39. The van der Waals surface area contributed by atoms with Crippen LogP contribution in [0, 0.1) is 0 Å². The fourth-order valence-corrected chi connectivity index (χ4v) is 5.83. The van der Waals surface area contributed by atoms with E-state index < -0.39 is 9.84 Å². The van der Waals surface area contributed by atoms with E-state index in [0.29, 0.717) is 5.75 Å². The van der Waals surface area contributed by atoms with Gasteiger partial charge in [-0.2, -0.15) is 11.8 Å². The molecular weight excluding hydrogens is 256 g/mol. The third-order valence-corrected chi connectivity index (χ3v) is 6.49. The zero-order valence-corrected chi connectivity index (χ0v) is 12.0. The van der Waals surface area contributed by atoms with Crippen LogP contribution in [0.1, 0.15) is 25.7 Å². The summed E-state index contributed by atoms with van der Waals surface area (Å²) >= 11 is 1.74. The highest BCUT2D eigenvalue weighted by Gasteiger charge is 2.38. The number of rotatable bonds is 2. The zero-order valence-electron chi connectivity index (χ0n) is 10.3. The maximum Gasteiger partial charge on any atom is 0.164 e. The molecule has 0 aromatic heterocycles. The molecule has 4 nitrogen and oxygen atoms in total. The van der Waals surface area contributed by atoms with Crippen molar-refractivity contribution in [2.45, 2.75) is 43.1 Å². The predicted molar refractivity (Wildman–Crippen MR) is 72.9 cm³/mol. The summed E-state index contributed by atoms with van der Waals surface area (Å²) < 4.78 is 23.7. The summed E-state index contributed by atoms with van der Waals surface area (Å²) in [7, 11) is -3.00. The normalized spacial score (nSPS) is 36.9. The molecule has 100 valence electrons. The van der Waals surface area contributed by atoms with E-state index in [4.69, 9.17) is 5.73 Å². The van der Waals surface area contributed by atoms with E-state index in [-0.39, 0.29) is 17.5 Å². The van der Waals surface area contributed by atoms with Crippen molar-refractivity contribution in [2.75, 3.05) is 24.3 Å². The van der Waals surface area contributed by atoms with Gasteiger partial charge in [0.2, 0.25) is 0 Å². The fourth-order valence-electron chi connectivity index (χ4n) is 2.89. The van der Waals surface area contributed by atoms with Gasteiger partial charge in [0.25, 0.3) is 0 Å². The number of hydrogen-bond acceptors (Lipinski definition) is 5. The second-order valence-corrected chi connectivity index (χ2v) is 8.47. The molecule has 1 saturated carbocycles. The molecule has 0 spiro atoms. The zero-order chi connectivity index (χ0) is 12.5. The van der Waals surface area contributed by atoms with Crippen LogP contribution in [0.5, 0.6) is 0 Å². The summed E-state index contributed by atoms with van der Waals surface area (Å²) in [5.41, 5.74) is 6.17. The lowest BCUT2D eigenvalue weighted by atomic mass is 9.90. The van der Waals surface area contributed by atoms with Gasteiger partial charge in [0.15, 0.2) is 9.84 Å². The Balaban J connectivity index is 2.15. The minimum atomic E-state index is -3.00. The molecule has 17 heavy (non-hydrogen) atoms. The van der Waals surface area contributed by atoms with Gasteiger partial charge in [-0.15, -0.1) is 0 Å². The Morgan fingerprint density at radius 1 is 1.29 bits per heavy atom. The molecule has 3 unspecified atom stereocenters. The highest BCUT2D eigenvalue weighted by Crippen LogP contribution is 2.29. The first-order valence-electron chi connectivity index (χ1n) is 6.28. The average Bonchev–Trinajstić information content (AvgIpc) is 2.28. The lowest BCUT2D eigenvalue weighted by Gasteiger charge is -2.44. The Morgan fingerprint density at radius 3 is 2.65 bits per heavy atom. The van der Waals surface area contributed by atoms with Gasteiger partial charge in [0.1, 0.15) is 5.37 Å². The minimum absolute atomic E-state index is 0.149. The number of thioether (sulfide) groups is 1. The number of nitrogens with two attached hydrogens (primary N) is 1. The summed E-state index contributed by atoms with van der Waals surface area (Å²) in [5, 5.41) is -0.324. The van der Waals surface area contributed by atoms with E-state index in [1.807, 2.05) is 0 Å². The van der Waals surface area contributed by atoms with Crippen LogP contribution >= 0.6 is 11.8 Å².